The molecule has 4 nitrogen and oxygen atoms in total. The fourth-order valence-corrected chi connectivity index (χ4v) is 2.39. The molecule has 19 heavy (non-hydrogen) atoms. The Labute approximate surface area is 110 Å². The summed E-state index contributed by atoms with van der Waals surface area (Å²) in [6.45, 7) is 0. The minimum absolute atomic E-state index is 0.130. The number of phenolic OH excluding ortho intramolecular Hbond substituents is 2. The van der Waals surface area contributed by atoms with Gasteiger partial charge in [-0.2, -0.15) is 0 Å². The lowest BCUT2D eigenvalue weighted by Gasteiger charge is -2.31. The number of hydrogen-bond acceptors (Lipinski definition) is 4. The van der Waals surface area contributed by atoms with E-state index < -0.39 is 12.2 Å². The predicted octanol–water partition coefficient (Wildman–Crippen LogP) is 2.13. The zero-order valence-electron chi connectivity index (χ0n) is 10.2. The van der Waals surface area contributed by atoms with Gasteiger partial charge in [0.15, 0.2) is 0 Å². The number of aromatic hydroxyl groups is 2. The Morgan fingerprint density at radius 1 is 1.05 bits per heavy atom. The van der Waals surface area contributed by atoms with Gasteiger partial charge < -0.3 is 20.1 Å². The third kappa shape index (κ3) is 2.11. The van der Waals surface area contributed by atoms with E-state index in [0.29, 0.717) is 23.3 Å². The summed E-state index contributed by atoms with van der Waals surface area (Å²) >= 11 is 0. The third-order valence-electron chi connectivity index (χ3n) is 3.32. The highest BCUT2D eigenvalue weighted by molar-refractivity contribution is 5.46. The van der Waals surface area contributed by atoms with Crippen molar-refractivity contribution < 1.29 is 20.1 Å². The van der Waals surface area contributed by atoms with E-state index in [0.717, 1.165) is 0 Å². The van der Waals surface area contributed by atoms with E-state index in [1.807, 2.05) is 0 Å². The second-order valence-corrected chi connectivity index (χ2v) is 4.66. The predicted molar refractivity (Wildman–Crippen MR) is 69.3 cm³/mol. The number of benzene rings is 2. The molecule has 0 aromatic heterocycles. The van der Waals surface area contributed by atoms with Gasteiger partial charge in [0.05, 0.1) is 6.10 Å². The van der Waals surface area contributed by atoms with Crippen LogP contribution in [0.2, 0.25) is 0 Å². The zero-order chi connectivity index (χ0) is 13.4. The van der Waals surface area contributed by atoms with Crippen LogP contribution in [-0.2, 0) is 6.42 Å². The van der Waals surface area contributed by atoms with Gasteiger partial charge in [-0.3, -0.25) is 0 Å². The quantitative estimate of drug-likeness (QED) is 0.733. The summed E-state index contributed by atoms with van der Waals surface area (Å²) < 4.78 is 5.74. The van der Waals surface area contributed by atoms with Gasteiger partial charge in [0, 0.05) is 12.0 Å². The lowest BCUT2D eigenvalue weighted by Crippen LogP contribution is -2.30. The molecule has 3 rings (SSSR count). The summed E-state index contributed by atoms with van der Waals surface area (Å²) in [6, 6.07) is 11.7. The Balaban J connectivity index is 1.98. The Morgan fingerprint density at radius 3 is 2.63 bits per heavy atom. The van der Waals surface area contributed by atoms with E-state index in [1.54, 1.807) is 42.5 Å². The van der Waals surface area contributed by atoms with Crippen LogP contribution >= 0.6 is 0 Å². The fraction of sp³-hybridized carbons (Fsp3) is 0.200. The van der Waals surface area contributed by atoms with Gasteiger partial charge in [0.25, 0.3) is 0 Å². The molecule has 0 amide bonds. The number of ether oxygens (including phenoxy) is 1. The maximum atomic E-state index is 10.2. The highest BCUT2D eigenvalue weighted by Gasteiger charge is 2.31. The molecule has 0 aliphatic carbocycles. The normalized spacial score (nSPS) is 21.5. The number of fused-ring (bicyclic) bond motifs is 1. The van der Waals surface area contributed by atoms with Gasteiger partial charge in [-0.05, 0) is 29.8 Å². The minimum Gasteiger partial charge on any atom is -0.508 e. The second kappa shape index (κ2) is 4.48. The Bertz CT molecular complexity index is 609. The van der Waals surface area contributed by atoms with Crippen molar-refractivity contribution in [2.45, 2.75) is 18.6 Å². The molecule has 1 aliphatic rings. The van der Waals surface area contributed by atoms with Crippen molar-refractivity contribution in [1.29, 1.82) is 0 Å². The molecule has 98 valence electrons. The lowest BCUT2D eigenvalue weighted by atomic mass is 9.94. The topological polar surface area (TPSA) is 69.9 Å². The maximum absolute atomic E-state index is 10.2. The summed E-state index contributed by atoms with van der Waals surface area (Å²) in [7, 11) is 0. The average Bonchev–Trinajstić information content (AvgIpc) is 2.39. The lowest BCUT2D eigenvalue weighted by molar-refractivity contribution is 0.0199. The SMILES string of the molecule is Oc1cccc(C2Oc3cccc(O)c3CC2O)c1. The summed E-state index contributed by atoms with van der Waals surface area (Å²) in [5.74, 6) is 0.833. The Kier molecular flexibility index (Phi) is 2.80. The number of phenols is 2. The second-order valence-electron chi connectivity index (χ2n) is 4.66. The first-order valence-corrected chi connectivity index (χ1v) is 6.09. The first-order chi connectivity index (χ1) is 9.15. The van der Waals surface area contributed by atoms with Gasteiger partial charge in [-0.1, -0.05) is 18.2 Å². The minimum atomic E-state index is -0.761. The van der Waals surface area contributed by atoms with Gasteiger partial charge in [-0.15, -0.1) is 0 Å². The highest BCUT2D eigenvalue weighted by Crippen LogP contribution is 2.39. The molecule has 0 saturated heterocycles. The van der Waals surface area contributed by atoms with Crippen LogP contribution < -0.4 is 4.74 Å². The largest absolute Gasteiger partial charge is 0.508 e. The molecule has 3 N–H and O–H groups in total. The molecular formula is C15H14O4. The van der Waals surface area contributed by atoms with Gasteiger partial charge >= 0.3 is 0 Å². The Morgan fingerprint density at radius 2 is 1.84 bits per heavy atom. The molecule has 4 heteroatoms. The standard InChI is InChI=1S/C15H14O4/c16-10-4-1-3-9(7-10)15-13(18)8-11-12(17)5-2-6-14(11)19-15/h1-7,13,15-18H,8H2. The summed E-state index contributed by atoms with van der Waals surface area (Å²) in [5.41, 5.74) is 1.33. The van der Waals surface area contributed by atoms with Gasteiger partial charge in [0.2, 0.25) is 0 Å². The third-order valence-corrected chi connectivity index (χ3v) is 3.32. The molecule has 0 saturated carbocycles. The van der Waals surface area contributed by atoms with E-state index in [9.17, 15) is 15.3 Å². The molecule has 0 bridgehead atoms. The van der Waals surface area contributed by atoms with Crippen LogP contribution in [0.5, 0.6) is 17.2 Å². The van der Waals surface area contributed by atoms with Crippen molar-refractivity contribution >= 4 is 0 Å². The fourth-order valence-electron chi connectivity index (χ4n) is 2.39. The van der Waals surface area contributed by atoms with Crippen LogP contribution in [0, 0.1) is 0 Å². The number of aliphatic hydroxyl groups excluding tert-OH is 1. The number of aliphatic hydroxyl groups is 1. The first kappa shape index (κ1) is 11.9. The van der Waals surface area contributed by atoms with Crippen molar-refractivity contribution in [3.8, 4) is 17.2 Å². The van der Waals surface area contributed by atoms with E-state index in [-0.39, 0.29) is 11.5 Å². The van der Waals surface area contributed by atoms with Crippen LogP contribution in [-0.4, -0.2) is 21.4 Å². The molecule has 2 aromatic rings. The summed E-state index contributed by atoms with van der Waals surface area (Å²) in [4.78, 5) is 0. The molecule has 0 fully saturated rings. The smallest absolute Gasteiger partial charge is 0.150 e. The van der Waals surface area contributed by atoms with Crippen LogP contribution in [0.3, 0.4) is 0 Å². The van der Waals surface area contributed by atoms with E-state index >= 15 is 0 Å². The molecular weight excluding hydrogens is 244 g/mol. The van der Waals surface area contributed by atoms with Crippen LogP contribution in [0.15, 0.2) is 42.5 Å². The molecule has 2 aromatic carbocycles. The summed E-state index contributed by atoms with van der Waals surface area (Å²) in [6.07, 6.45) is -0.980. The van der Waals surface area contributed by atoms with Gasteiger partial charge in [0.1, 0.15) is 23.4 Å². The monoisotopic (exact) mass is 258 g/mol. The van der Waals surface area contributed by atoms with E-state index in [1.165, 1.54) is 0 Å². The number of hydrogen-bond donors (Lipinski definition) is 3. The molecule has 1 heterocycles. The Hall–Kier alpha value is -2.20. The molecule has 1 aliphatic heterocycles. The zero-order valence-corrected chi connectivity index (χ0v) is 10.2. The van der Waals surface area contributed by atoms with Crippen molar-refractivity contribution in [3.05, 3.63) is 53.6 Å². The van der Waals surface area contributed by atoms with E-state index in [2.05, 4.69) is 0 Å². The number of rotatable bonds is 1. The van der Waals surface area contributed by atoms with Crippen LogP contribution in [0.1, 0.15) is 17.2 Å². The summed E-state index contributed by atoms with van der Waals surface area (Å²) in [5, 5.41) is 29.4. The first-order valence-electron chi connectivity index (χ1n) is 6.09. The highest BCUT2D eigenvalue weighted by atomic mass is 16.5. The van der Waals surface area contributed by atoms with Crippen molar-refractivity contribution in [1.82, 2.24) is 0 Å². The van der Waals surface area contributed by atoms with Crippen molar-refractivity contribution in [3.63, 3.8) is 0 Å². The maximum Gasteiger partial charge on any atom is 0.150 e. The van der Waals surface area contributed by atoms with Crippen LogP contribution in [0.25, 0.3) is 0 Å². The van der Waals surface area contributed by atoms with Crippen molar-refractivity contribution in [2.24, 2.45) is 0 Å². The average molecular weight is 258 g/mol. The van der Waals surface area contributed by atoms with Crippen molar-refractivity contribution in [2.75, 3.05) is 0 Å². The molecule has 0 radical (unpaired) electrons. The molecule has 2 unspecified atom stereocenters. The molecule has 2 atom stereocenters. The van der Waals surface area contributed by atoms with Crippen LogP contribution in [0.4, 0.5) is 0 Å². The van der Waals surface area contributed by atoms with E-state index in [4.69, 9.17) is 4.74 Å². The van der Waals surface area contributed by atoms with Gasteiger partial charge in [-0.25, -0.2) is 0 Å². The molecule has 0 spiro atoms.